The minimum Gasteiger partial charge on any atom is -0.449 e. The highest BCUT2D eigenvalue weighted by Crippen LogP contribution is 2.27. The Kier molecular flexibility index (Phi) is 3.12. The number of nitro benzene ring substituents is 1. The van der Waals surface area contributed by atoms with Crippen LogP contribution in [-0.2, 0) is 0 Å². The van der Waals surface area contributed by atoms with E-state index < -0.39 is 10.9 Å². The van der Waals surface area contributed by atoms with Crippen molar-refractivity contribution in [3.63, 3.8) is 0 Å². The van der Waals surface area contributed by atoms with E-state index in [4.69, 9.17) is 9.15 Å². The zero-order valence-corrected chi connectivity index (χ0v) is 10.7. The number of nitro groups is 1. The first-order valence-electron chi connectivity index (χ1n) is 6.09. The number of hydrogen-bond acceptors (Lipinski definition) is 5. The smallest absolute Gasteiger partial charge is 0.379 e. The van der Waals surface area contributed by atoms with E-state index in [-0.39, 0.29) is 17.2 Å². The number of para-hydroxylation sites is 3. The van der Waals surface area contributed by atoms with Crippen LogP contribution in [0.2, 0.25) is 0 Å². The first-order valence-corrected chi connectivity index (χ1v) is 6.09. The summed E-state index contributed by atoms with van der Waals surface area (Å²) < 4.78 is 10.4. The lowest BCUT2D eigenvalue weighted by atomic mass is 10.2. The van der Waals surface area contributed by atoms with Gasteiger partial charge in [0.05, 0.1) is 4.92 Å². The van der Waals surface area contributed by atoms with E-state index in [1.54, 1.807) is 24.3 Å². The van der Waals surface area contributed by atoms with E-state index in [9.17, 15) is 14.9 Å². The van der Waals surface area contributed by atoms with Crippen LogP contribution in [0.3, 0.4) is 0 Å². The molecule has 21 heavy (non-hydrogen) atoms. The van der Waals surface area contributed by atoms with Crippen molar-refractivity contribution in [2.24, 2.45) is 0 Å². The molecule has 2 aromatic carbocycles. The summed E-state index contributed by atoms with van der Waals surface area (Å²) in [6.45, 7) is 0. The molecule has 0 bridgehead atoms. The van der Waals surface area contributed by atoms with Crippen LogP contribution in [-0.4, -0.2) is 10.9 Å². The fourth-order valence-corrected chi connectivity index (χ4v) is 1.93. The van der Waals surface area contributed by atoms with Crippen LogP contribution in [0.15, 0.2) is 59.0 Å². The Morgan fingerprint density at radius 3 is 2.57 bits per heavy atom. The third-order valence-electron chi connectivity index (χ3n) is 2.89. The molecule has 6 nitrogen and oxygen atoms in total. The number of benzene rings is 2. The Bertz CT molecular complexity index is 804. The number of carbonyl (C=O) groups excluding carboxylic acids is 1. The molecule has 0 radical (unpaired) electrons. The Hall–Kier alpha value is -3.15. The van der Waals surface area contributed by atoms with Gasteiger partial charge < -0.3 is 9.15 Å². The molecule has 0 spiro atoms. The zero-order valence-electron chi connectivity index (χ0n) is 10.7. The predicted octanol–water partition coefficient (Wildman–Crippen LogP) is 3.56. The van der Waals surface area contributed by atoms with E-state index >= 15 is 0 Å². The number of hydrogen-bond donors (Lipinski definition) is 0. The number of ether oxygens (including phenoxy) is 1. The highest BCUT2D eigenvalue weighted by Gasteiger charge is 2.20. The van der Waals surface area contributed by atoms with Crippen molar-refractivity contribution in [2.75, 3.05) is 0 Å². The maximum absolute atomic E-state index is 12.0. The van der Waals surface area contributed by atoms with Crippen LogP contribution in [0, 0.1) is 10.1 Å². The van der Waals surface area contributed by atoms with Crippen LogP contribution in [0.1, 0.15) is 10.6 Å². The van der Waals surface area contributed by atoms with Crippen molar-refractivity contribution in [3.05, 3.63) is 70.5 Å². The largest absolute Gasteiger partial charge is 0.449 e. The van der Waals surface area contributed by atoms with Crippen molar-refractivity contribution in [2.45, 2.75) is 0 Å². The molecule has 1 aromatic heterocycles. The van der Waals surface area contributed by atoms with Gasteiger partial charge in [0.15, 0.2) is 0 Å². The second-order valence-corrected chi connectivity index (χ2v) is 4.26. The van der Waals surface area contributed by atoms with Gasteiger partial charge in [-0.05, 0) is 18.2 Å². The van der Waals surface area contributed by atoms with E-state index in [1.165, 1.54) is 24.3 Å². The van der Waals surface area contributed by atoms with Crippen molar-refractivity contribution < 1.29 is 18.9 Å². The van der Waals surface area contributed by atoms with Crippen LogP contribution in [0.4, 0.5) is 5.69 Å². The lowest BCUT2D eigenvalue weighted by Crippen LogP contribution is -2.08. The number of carbonyl (C=O) groups is 1. The molecule has 104 valence electrons. The first-order chi connectivity index (χ1) is 10.1. The third-order valence-corrected chi connectivity index (χ3v) is 2.89. The minimum atomic E-state index is -0.777. The maximum Gasteiger partial charge on any atom is 0.379 e. The van der Waals surface area contributed by atoms with Crippen molar-refractivity contribution >= 4 is 22.6 Å². The molecular formula is C15H9NO5. The molecule has 0 saturated carbocycles. The third kappa shape index (κ3) is 2.46. The zero-order chi connectivity index (χ0) is 14.8. The summed E-state index contributed by atoms with van der Waals surface area (Å²) in [6.07, 6.45) is 0. The standard InChI is InChI=1S/C15H9NO5/c17-15(14-9-10-5-1-3-7-12(10)20-14)21-13-8-4-2-6-11(13)16(18)19/h1-9H. The van der Waals surface area contributed by atoms with Gasteiger partial charge >= 0.3 is 11.7 Å². The molecule has 6 heteroatoms. The Morgan fingerprint density at radius 1 is 1.10 bits per heavy atom. The Balaban J connectivity index is 1.91. The molecule has 0 aliphatic heterocycles. The van der Waals surface area contributed by atoms with Gasteiger partial charge in [0.2, 0.25) is 11.5 Å². The van der Waals surface area contributed by atoms with Gasteiger partial charge in [-0.2, -0.15) is 0 Å². The van der Waals surface area contributed by atoms with Crippen LogP contribution in [0.25, 0.3) is 11.0 Å². The molecule has 0 atom stereocenters. The van der Waals surface area contributed by atoms with Crippen LogP contribution >= 0.6 is 0 Å². The minimum absolute atomic E-state index is 0.00523. The molecule has 0 aliphatic carbocycles. The van der Waals surface area contributed by atoms with Gasteiger partial charge in [0.1, 0.15) is 5.58 Å². The molecule has 0 amide bonds. The van der Waals surface area contributed by atoms with Crippen molar-refractivity contribution in [3.8, 4) is 5.75 Å². The average Bonchev–Trinajstić information content (AvgIpc) is 2.91. The molecule has 0 N–H and O–H groups in total. The van der Waals surface area contributed by atoms with Gasteiger partial charge in [-0.25, -0.2) is 4.79 Å². The van der Waals surface area contributed by atoms with Crippen molar-refractivity contribution in [1.82, 2.24) is 0 Å². The lowest BCUT2D eigenvalue weighted by Gasteiger charge is -2.02. The monoisotopic (exact) mass is 283 g/mol. The summed E-state index contributed by atoms with van der Waals surface area (Å²) in [5.41, 5.74) is 0.272. The summed E-state index contributed by atoms with van der Waals surface area (Å²) in [5.74, 6) is -0.900. The molecule has 0 fully saturated rings. The fraction of sp³-hybridized carbons (Fsp3) is 0. The number of esters is 1. The topological polar surface area (TPSA) is 82.6 Å². The van der Waals surface area contributed by atoms with Crippen molar-refractivity contribution in [1.29, 1.82) is 0 Å². The maximum atomic E-state index is 12.0. The van der Waals surface area contributed by atoms with Gasteiger partial charge in [-0.1, -0.05) is 30.3 Å². The first kappa shape index (κ1) is 12.9. The summed E-state index contributed by atoms with van der Waals surface area (Å²) in [5, 5.41) is 11.6. The quantitative estimate of drug-likeness (QED) is 0.317. The van der Waals surface area contributed by atoms with Gasteiger partial charge in [-0.3, -0.25) is 10.1 Å². The molecule has 0 unspecified atom stereocenters. The molecule has 3 aromatic rings. The van der Waals surface area contributed by atoms with E-state index in [1.807, 2.05) is 6.07 Å². The second kappa shape index (κ2) is 5.09. The second-order valence-electron chi connectivity index (χ2n) is 4.26. The van der Waals surface area contributed by atoms with Gasteiger partial charge in [0, 0.05) is 11.5 Å². The lowest BCUT2D eigenvalue weighted by molar-refractivity contribution is -0.385. The number of furan rings is 1. The number of nitrogens with zero attached hydrogens (tertiary/aromatic N) is 1. The Morgan fingerprint density at radius 2 is 1.81 bits per heavy atom. The fourth-order valence-electron chi connectivity index (χ4n) is 1.93. The van der Waals surface area contributed by atoms with E-state index in [0.717, 1.165) is 5.39 Å². The SMILES string of the molecule is O=C(Oc1ccccc1[N+](=O)[O-])c1cc2ccccc2o1. The molecular weight excluding hydrogens is 274 g/mol. The van der Waals surface area contributed by atoms with Gasteiger partial charge in [-0.15, -0.1) is 0 Å². The predicted molar refractivity (Wildman–Crippen MR) is 74.3 cm³/mol. The van der Waals surface area contributed by atoms with Crippen LogP contribution in [0.5, 0.6) is 5.75 Å². The van der Waals surface area contributed by atoms with E-state index in [2.05, 4.69) is 0 Å². The number of fused-ring (bicyclic) bond motifs is 1. The molecule has 1 heterocycles. The summed E-state index contributed by atoms with van der Waals surface area (Å²) in [7, 11) is 0. The molecule has 3 rings (SSSR count). The number of rotatable bonds is 3. The van der Waals surface area contributed by atoms with Crippen LogP contribution < -0.4 is 4.74 Å². The highest BCUT2D eigenvalue weighted by atomic mass is 16.6. The summed E-state index contributed by atoms with van der Waals surface area (Å²) >= 11 is 0. The Labute approximate surface area is 118 Å². The van der Waals surface area contributed by atoms with Gasteiger partial charge in [0.25, 0.3) is 0 Å². The molecule has 0 saturated heterocycles. The highest BCUT2D eigenvalue weighted by molar-refractivity contribution is 5.94. The summed E-state index contributed by atoms with van der Waals surface area (Å²) in [6, 6.07) is 14.3. The molecule has 0 aliphatic rings. The summed E-state index contributed by atoms with van der Waals surface area (Å²) in [4.78, 5) is 22.3. The normalized spacial score (nSPS) is 10.5. The van der Waals surface area contributed by atoms with E-state index in [0.29, 0.717) is 5.58 Å². The average molecular weight is 283 g/mol.